The molecule has 0 bridgehead atoms. The Balaban J connectivity index is 4.76. The highest BCUT2D eigenvalue weighted by atomic mass is 16.4. The highest BCUT2D eigenvalue weighted by Gasteiger charge is 2.28. The van der Waals surface area contributed by atoms with Gasteiger partial charge in [0.1, 0.15) is 6.54 Å². The van der Waals surface area contributed by atoms with Crippen molar-refractivity contribution in [2.75, 3.05) is 20.6 Å². The Morgan fingerprint density at radius 3 is 2.05 bits per heavy atom. The molecule has 0 aromatic carbocycles. The molecule has 0 saturated carbocycles. The lowest BCUT2D eigenvalue weighted by molar-refractivity contribution is -0.146. The lowest BCUT2D eigenvalue weighted by atomic mass is 9.96. The van der Waals surface area contributed by atoms with Gasteiger partial charge < -0.3 is 14.9 Å². The highest BCUT2D eigenvalue weighted by molar-refractivity contribution is 5.92. The summed E-state index contributed by atoms with van der Waals surface area (Å²) in [4.78, 5) is 49.1. The molecule has 0 radical (unpaired) electrons. The summed E-state index contributed by atoms with van der Waals surface area (Å²) >= 11 is 0. The van der Waals surface area contributed by atoms with Crippen LogP contribution in [0, 0.1) is 5.92 Å². The lowest BCUT2D eigenvalue weighted by Crippen LogP contribution is -2.43. The molecule has 1 N–H and O–H groups in total. The summed E-state index contributed by atoms with van der Waals surface area (Å²) in [6, 6.07) is -0.549. The second kappa shape index (κ2) is 9.17. The van der Waals surface area contributed by atoms with Gasteiger partial charge >= 0.3 is 5.97 Å². The van der Waals surface area contributed by atoms with Crippen LogP contribution in [0.5, 0.6) is 0 Å². The SMILES string of the molecule is CCC(=O)N(C)[C@H](CC)C(=O)C[C@H](C)C(=O)N(C)CC(=O)O. The van der Waals surface area contributed by atoms with Crippen LogP contribution in [0.25, 0.3) is 0 Å². The monoisotopic (exact) mass is 314 g/mol. The van der Waals surface area contributed by atoms with Crippen molar-refractivity contribution in [1.82, 2.24) is 9.80 Å². The summed E-state index contributed by atoms with van der Waals surface area (Å²) in [6.45, 7) is 4.73. The van der Waals surface area contributed by atoms with Gasteiger partial charge in [-0.1, -0.05) is 20.8 Å². The standard InChI is InChI=1S/C15H26N2O5/c1-6-11(17(5)13(19)7-2)12(18)8-10(3)15(22)16(4)9-14(20)21/h10-11H,6-9H2,1-5H3,(H,20,21)/t10-,11+/m0/s1. The number of amides is 2. The number of aliphatic carboxylic acids is 1. The first-order valence-electron chi connectivity index (χ1n) is 7.40. The fraction of sp³-hybridized carbons (Fsp3) is 0.733. The average molecular weight is 314 g/mol. The van der Waals surface area contributed by atoms with Gasteiger partial charge in [-0.25, -0.2) is 0 Å². The number of nitrogens with zero attached hydrogens (tertiary/aromatic N) is 2. The number of carboxylic acids is 1. The van der Waals surface area contributed by atoms with Crippen molar-refractivity contribution >= 4 is 23.6 Å². The van der Waals surface area contributed by atoms with E-state index in [1.807, 2.05) is 6.92 Å². The number of hydrogen-bond donors (Lipinski definition) is 1. The van der Waals surface area contributed by atoms with Gasteiger partial charge in [-0.2, -0.15) is 0 Å². The molecule has 0 unspecified atom stereocenters. The number of likely N-dealkylation sites (N-methyl/N-ethyl adjacent to an activating group) is 2. The van der Waals surface area contributed by atoms with Gasteiger partial charge in [0.2, 0.25) is 11.8 Å². The van der Waals surface area contributed by atoms with E-state index in [9.17, 15) is 19.2 Å². The summed E-state index contributed by atoms with van der Waals surface area (Å²) in [7, 11) is 2.97. The normalized spacial score (nSPS) is 13.1. The topological polar surface area (TPSA) is 95.0 Å². The molecular formula is C15H26N2O5. The summed E-state index contributed by atoms with van der Waals surface area (Å²) in [5, 5.41) is 8.68. The van der Waals surface area contributed by atoms with E-state index < -0.39 is 30.4 Å². The Hall–Kier alpha value is -1.92. The predicted octanol–water partition coefficient (Wildman–Crippen LogP) is 0.772. The highest BCUT2D eigenvalue weighted by Crippen LogP contribution is 2.14. The van der Waals surface area contributed by atoms with Crippen LogP contribution in [0.4, 0.5) is 0 Å². The molecule has 0 saturated heterocycles. The predicted molar refractivity (Wildman–Crippen MR) is 81.2 cm³/mol. The van der Waals surface area contributed by atoms with E-state index in [1.54, 1.807) is 20.9 Å². The number of carboxylic acid groups (broad SMARTS) is 1. The summed E-state index contributed by atoms with van der Waals surface area (Å²) in [6.07, 6.45) is 0.783. The smallest absolute Gasteiger partial charge is 0.323 e. The Morgan fingerprint density at radius 2 is 1.64 bits per heavy atom. The molecule has 2 amide bonds. The van der Waals surface area contributed by atoms with E-state index >= 15 is 0 Å². The van der Waals surface area contributed by atoms with E-state index in [1.165, 1.54) is 11.9 Å². The third-order valence-corrected chi connectivity index (χ3v) is 3.60. The molecule has 0 fully saturated rings. The van der Waals surface area contributed by atoms with Crippen LogP contribution >= 0.6 is 0 Å². The Kier molecular flexibility index (Phi) is 8.37. The molecule has 0 aromatic rings. The maximum absolute atomic E-state index is 12.3. The Morgan fingerprint density at radius 1 is 1.09 bits per heavy atom. The minimum absolute atomic E-state index is 0.0113. The van der Waals surface area contributed by atoms with Crippen LogP contribution in [0.15, 0.2) is 0 Å². The second-order valence-electron chi connectivity index (χ2n) is 5.44. The molecule has 0 heterocycles. The first-order valence-corrected chi connectivity index (χ1v) is 7.40. The minimum atomic E-state index is -1.10. The van der Waals surface area contributed by atoms with E-state index in [-0.39, 0.29) is 18.1 Å². The largest absolute Gasteiger partial charge is 0.480 e. The summed E-state index contributed by atoms with van der Waals surface area (Å²) < 4.78 is 0. The number of carbonyl (C=O) groups is 4. The van der Waals surface area contributed by atoms with Crippen molar-refractivity contribution in [3.63, 3.8) is 0 Å². The fourth-order valence-electron chi connectivity index (χ4n) is 2.32. The number of carbonyl (C=O) groups excluding carboxylic acids is 3. The lowest BCUT2D eigenvalue weighted by Gasteiger charge is -2.27. The molecule has 0 aliphatic rings. The molecule has 0 aliphatic heterocycles. The molecule has 0 aromatic heterocycles. The van der Waals surface area contributed by atoms with Gasteiger partial charge in [0.25, 0.3) is 0 Å². The Labute approximate surface area is 131 Å². The second-order valence-corrected chi connectivity index (χ2v) is 5.44. The van der Waals surface area contributed by atoms with E-state index in [4.69, 9.17) is 5.11 Å². The molecule has 7 nitrogen and oxygen atoms in total. The van der Waals surface area contributed by atoms with Gasteiger partial charge in [-0.15, -0.1) is 0 Å². The zero-order valence-electron chi connectivity index (χ0n) is 14.0. The maximum Gasteiger partial charge on any atom is 0.323 e. The zero-order chi connectivity index (χ0) is 17.4. The van der Waals surface area contributed by atoms with Gasteiger partial charge in [0, 0.05) is 32.9 Å². The third kappa shape index (κ3) is 5.83. The van der Waals surface area contributed by atoms with Gasteiger partial charge in [-0.05, 0) is 6.42 Å². The molecular weight excluding hydrogens is 288 g/mol. The van der Waals surface area contributed by atoms with Gasteiger partial charge in [0.15, 0.2) is 5.78 Å². The third-order valence-electron chi connectivity index (χ3n) is 3.60. The van der Waals surface area contributed by atoms with Crippen molar-refractivity contribution in [2.24, 2.45) is 5.92 Å². The summed E-state index contributed by atoms with van der Waals surface area (Å²) in [5.74, 6) is -2.42. The first-order chi connectivity index (χ1) is 10.1. The number of hydrogen-bond acceptors (Lipinski definition) is 4. The van der Waals surface area contributed by atoms with E-state index in [0.717, 1.165) is 4.90 Å². The van der Waals surface area contributed by atoms with Crippen molar-refractivity contribution < 1.29 is 24.3 Å². The fourth-order valence-corrected chi connectivity index (χ4v) is 2.32. The molecule has 126 valence electrons. The summed E-state index contributed by atoms with van der Waals surface area (Å²) in [5.41, 5.74) is 0. The first kappa shape index (κ1) is 20.1. The van der Waals surface area contributed by atoms with Crippen LogP contribution in [0.3, 0.4) is 0 Å². The van der Waals surface area contributed by atoms with E-state index in [0.29, 0.717) is 12.8 Å². The average Bonchev–Trinajstić information content (AvgIpc) is 2.45. The van der Waals surface area contributed by atoms with Crippen LogP contribution in [0.1, 0.15) is 40.0 Å². The molecule has 0 rings (SSSR count). The number of Topliss-reactive ketones (excluding diaryl/α,β-unsaturated/α-hetero) is 1. The maximum atomic E-state index is 12.3. The van der Waals surface area contributed by atoms with Gasteiger partial charge in [0.05, 0.1) is 6.04 Å². The van der Waals surface area contributed by atoms with Gasteiger partial charge in [-0.3, -0.25) is 19.2 Å². The van der Waals surface area contributed by atoms with Crippen molar-refractivity contribution in [3.05, 3.63) is 0 Å². The number of ketones is 1. The van der Waals surface area contributed by atoms with Crippen LogP contribution in [0.2, 0.25) is 0 Å². The van der Waals surface area contributed by atoms with Crippen LogP contribution < -0.4 is 0 Å². The zero-order valence-corrected chi connectivity index (χ0v) is 14.0. The van der Waals surface area contributed by atoms with Crippen LogP contribution in [-0.2, 0) is 19.2 Å². The number of rotatable bonds is 9. The molecule has 7 heteroatoms. The van der Waals surface area contributed by atoms with E-state index in [2.05, 4.69) is 0 Å². The molecule has 2 atom stereocenters. The minimum Gasteiger partial charge on any atom is -0.480 e. The van der Waals surface area contributed by atoms with Crippen molar-refractivity contribution in [3.8, 4) is 0 Å². The quantitative estimate of drug-likeness (QED) is 0.678. The molecule has 22 heavy (non-hydrogen) atoms. The van der Waals surface area contributed by atoms with Crippen LogP contribution in [-0.4, -0.2) is 65.2 Å². The van der Waals surface area contributed by atoms with Crippen molar-refractivity contribution in [2.45, 2.75) is 46.1 Å². The molecule has 0 aliphatic carbocycles. The molecule has 0 spiro atoms. The van der Waals surface area contributed by atoms with Crippen molar-refractivity contribution in [1.29, 1.82) is 0 Å². The Bertz CT molecular complexity index is 436.